The molecule has 0 radical (unpaired) electrons. The van der Waals surface area contributed by atoms with E-state index in [0.29, 0.717) is 36.0 Å². The number of aliphatic hydroxyl groups is 3. The average molecular weight is 491 g/mol. The molecule has 0 saturated heterocycles. The highest BCUT2D eigenvalue weighted by molar-refractivity contribution is 5.69. The molecule has 5 rings (SSSR count). The van der Waals surface area contributed by atoms with E-state index in [1.54, 1.807) is 0 Å². The van der Waals surface area contributed by atoms with Crippen LogP contribution in [0.4, 0.5) is 0 Å². The van der Waals surface area contributed by atoms with Gasteiger partial charge >= 0.3 is 5.97 Å². The summed E-state index contributed by atoms with van der Waals surface area (Å²) in [6, 6.07) is 0. The van der Waals surface area contributed by atoms with Gasteiger partial charge in [-0.15, -0.1) is 0 Å². The average Bonchev–Trinajstić information content (AvgIpc) is 3.18. The van der Waals surface area contributed by atoms with Gasteiger partial charge in [0.15, 0.2) is 0 Å². The zero-order valence-electron chi connectivity index (χ0n) is 22.3. The van der Waals surface area contributed by atoms with Crippen molar-refractivity contribution >= 4 is 5.97 Å². The molecule has 5 nitrogen and oxygen atoms in total. The Labute approximate surface area is 212 Å². The van der Waals surface area contributed by atoms with Gasteiger partial charge in [-0.1, -0.05) is 27.2 Å². The second kappa shape index (κ2) is 9.91. The van der Waals surface area contributed by atoms with E-state index < -0.39 is 0 Å². The monoisotopic (exact) mass is 490 g/mol. The highest BCUT2D eigenvalue weighted by atomic mass is 16.5. The lowest BCUT2D eigenvalue weighted by Crippen LogP contribution is -2.62. The standard InChI is InChI=1S/C30H50O5/c1-18(9-12-27(34)35-21-7-5-4-6-8-21)22-10-11-23-28-24(17-26(33)30(22,23)3)29(2)14-13-20(31)15-19(29)16-25(28)32/h18-26,28,31-33H,4-17H2,1-3H3/t18-,19+,20-,22-,23+,24+,25-,26+,28+,29+,30-/m1/s1. The van der Waals surface area contributed by atoms with Crippen LogP contribution in [0.1, 0.15) is 111 Å². The van der Waals surface area contributed by atoms with Gasteiger partial charge in [0.1, 0.15) is 6.10 Å². The molecule has 0 aliphatic heterocycles. The number of carbonyl (C=O) groups is 1. The van der Waals surface area contributed by atoms with E-state index in [1.807, 2.05) is 0 Å². The Morgan fingerprint density at radius 3 is 2.43 bits per heavy atom. The van der Waals surface area contributed by atoms with Gasteiger partial charge in [0.25, 0.3) is 0 Å². The van der Waals surface area contributed by atoms with Gasteiger partial charge in [0, 0.05) is 6.42 Å². The molecule has 5 aliphatic carbocycles. The molecule has 5 heteroatoms. The molecule has 0 bridgehead atoms. The highest BCUT2D eigenvalue weighted by Gasteiger charge is 2.65. The van der Waals surface area contributed by atoms with Gasteiger partial charge in [-0.05, 0) is 123 Å². The molecule has 0 aromatic heterocycles. The second-order valence-electron chi connectivity index (χ2n) is 13.8. The molecule has 5 aliphatic rings. The molecule has 3 N–H and O–H groups in total. The van der Waals surface area contributed by atoms with Crippen molar-refractivity contribution in [1.82, 2.24) is 0 Å². The fourth-order valence-electron chi connectivity index (χ4n) is 10.1. The van der Waals surface area contributed by atoms with E-state index in [4.69, 9.17) is 4.74 Å². The van der Waals surface area contributed by atoms with Crippen molar-refractivity contribution in [3.8, 4) is 0 Å². The molecule has 11 atom stereocenters. The lowest BCUT2D eigenvalue weighted by Gasteiger charge is -2.63. The fourth-order valence-corrected chi connectivity index (χ4v) is 10.1. The first kappa shape index (κ1) is 26.0. The van der Waals surface area contributed by atoms with Crippen LogP contribution in [0.5, 0.6) is 0 Å². The number of fused-ring (bicyclic) bond motifs is 5. The zero-order chi connectivity index (χ0) is 25.0. The largest absolute Gasteiger partial charge is 0.462 e. The maximum absolute atomic E-state index is 12.6. The lowest BCUT2D eigenvalue weighted by atomic mass is 9.43. The quantitative estimate of drug-likeness (QED) is 0.459. The predicted octanol–water partition coefficient (Wildman–Crippen LogP) is 5.24. The van der Waals surface area contributed by atoms with Gasteiger partial charge in [-0.3, -0.25) is 4.79 Å². The summed E-state index contributed by atoms with van der Waals surface area (Å²) in [5.41, 5.74) is -0.0930. The van der Waals surface area contributed by atoms with Crippen molar-refractivity contribution < 1.29 is 24.9 Å². The SMILES string of the molecule is C[C@H](CCC(=O)OC1CCCCC1)[C@H]1CC[C@H]2[C@@H]3[C@H](O)C[C@@H]4C[C@H](O)CC[C@]4(C)[C@H]3C[C@H](O)[C@]12C. The van der Waals surface area contributed by atoms with Crippen molar-refractivity contribution in [2.75, 3.05) is 0 Å². The summed E-state index contributed by atoms with van der Waals surface area (Å²) in [6.07, 6.45) is 12.5. The van der Waals surface area contributed by atoms with Crippen LogP contribution in [0.15, 0.2) is 0 Å². The summed E-state index contributed by atoms with van der Waals surface area (Å²) in [7, 11) is 0. The third-order valence-electron chi connectivity index (χ3n) is 12.2. The van der Waals surface area contributed by atoms with Crippen LogP contribution in [0.25, 0.3) is 0 Å². The minimum absolute atomic E-state index is 0.0473. The maximum atomic E-state index is 12.6. The smallest absolute Gasteiger partial charge is 0.306 e. The normalized spacial score (nSPS) is 49.0. The first-order chi connectivity index (χ1) is 16.6. The van der Waals surface area contributed by atoms with Crippen molar-refractivity contribution in [3.63, 3.8) is 0 Å². The van der Waals surface area contributed by atoms with Crippen LogP contribution in [0, 0.1) is 46.3 Å². The van der Waals surface area contributed by atoms with Crippen LogP contribution in [0.2, 0.25) is 0 Å². The van der Waals surface area contributed by atoms with Crippen LogP contribution in [0.3, 0.4) is 0 Å². The van der Waals surface area contributed by atoms with Crippen LogP contribution in [-0.4, -0.2) is 45.7 Å². The lowest BCUT2D eigenvalue weighted by molar-refractivity contribution is -0.207. The molecule has 0 spiro atoms. The summed E-state index contributed by atoms with van der Waals surface area (Å²) < 4.78 is 5.77. The van der Waals surface area contributed by atoms with Crippen LogP contribution >= 0.6 is 0 Å². The van der Waals surface area contributed by atoms with Gasteiger partial charge in [-0.25, -0.2) is 0 Å². The first-order valence-corrected chi connectivity index (χ1v) is 14.9. The Balaban J connectivity index is 1.26. The molecule has 0 aromatic carbocycles. The zero-order valence-corrected chi connectivity index (χ0v) is 22.3. The predicted molar refractivity (Wildman–Crippen MR) is 135 cm³/mol. The third-order valence-corrected chi connectivity index (χ3v) is 12.2. The minimum Gasteiger partial charge on any atom is -0.462 e. The Morgan fingerprint density at radius 2 is 1.69 bits per heavy atom. The number of carbonyl (C=O) groups excluding carboxylic acids is 1. The molecule has 5 saturated carbocycles. The van der Waals surface area contributed by atoms with Gasteiger partial charge in [0.05, 0.1) is 18.3 Å². The van der Waals surface area contributed by atoms with Crippen LogP contribution < -0.4 is 0 Å². The maximum Gasteiger partial charge on any atom is 0.306 e. The minimum atomic E-state index is -0.368. The summed E-state index contributed by atoms with van der Waals surface area (Å²) in [6.45, 7) is 6.94. The summed E-state index contributed by atoms with van der Waals surface area (Å²) in [5.74, 6) is 1.93. The molecule has 0 heterocycles. The molecule has 35 heavy (non-hydrogen) atoms. The Kier molecular flexibility index (Phi) is 7.35. The van der Waals surface area contributed by atoms with Gasteiger partial charge in [0.2, 0.25) is 0 Å². The number of ether oxygens (including phenoxy) is 1. The molecule has 0 aromatic rings. The molecular weight excluding hydrogens is 440 g/mol. The van der Waals surface area contributed by atoms with Gasteiger partial charge < -0.3 is 20.1 Å². The third kappa shape index (κ3) is 4.50. The Bertz CT molecular complexity index is 764. The van der Waals surface area contributed by atoms with Crippen molar-refractivity contribution in [2.45, 2.75) is 135 Å². The summed E-state index contributed by atoms with van der Waals surface area (Å²) in [5, 5.41) is 33.4. The van der Waals surface area contributed by atoms with Crippen molar-refractivity contribution in [1.29, 1.82) is 0 Å². The number of esters is 1. The van der Waals surface area contributed by atoms with E-state index in [2.05, 4.69) is 20.8 Å². The van der Waals surface area contributed by atoms with E-state index in [1.165, 1.54) is 19.3 Å². The summed E-state index contributed by atoms with van der Waals surface area (Å²) >= 11 is 0. The molecular formula is C30H50O5. The number of hydrogen-bond donors (Lipinski definition) is 3. The topological polar surface area (TPSA) is 87.0 Å². The summed E-state index contributed by atoms with van der Waals surface area (Å²) in [4.78, 5) is 12.6. The van der Waals surface area contributed by atoms with E-state index in [0.717, 1.165) is 64.2 Å². The molecule has 5 fully saturated rings. The Hall–Kier alpha value is -0.650. The molecule has 0 unspecified atom stereocenters. The van der Waals surface area contributed by atoms with E-state index >= 15 is 0 Å². The number of rotatable bonds is 5. The number of hydrogen-bond acceptors (Lipinski definition) is 5. The highest BCUT2D eigenvalue weighted by Crippen LogP contribution is 2.68. The van der Waals surface area contributed by atoms with Gasteiger partial charge in [-0.2, -0.15) is 0 Å². The Morgan fingerprint density at radius 1 is 0.943 bits per heavy atom. The second-order valence-corrected chi connectivity index (χ2v) is 13.8. The first-order valence-electron chi connectivity index (χ1n) is 14.9. The molecule has 0 amide bonds. The van der Waals surface area contributed by atoms with E-state index in [9.17, 15) is 20.1 Å². The fraction of sp³-hybridized carbons (Fsp3) is 0.967. The molecule has 200 valence electrons. The number of aliphatic hydroxyl groups excluding tert-OH is 3. The van der Waals surface area contributed by atoms with Crippen molar-refractivity contribution in [3.05, 3.63) is 0 Å². The van der Waals surface area contributed by atoms with Crippen LogP contribution in [-0.2, 0) is 9.53 Å². The van der Waals surface area contributed by atoms with E-state index in [-0.39, 0.29) is 47.1 Å². The van der Waals surface area contributed by atoms with Crippen molar-refractivity contribution in [2.24, 2.45) is 46.3 Å².